The molecule has 25 heavy (non-hydrogen) atoms. The summed E-state index contributed by atoms with van der Waals surface area (Å²) in [7, 11) is 1.58. The number of urea groups is 1. The van der Waals surface area contributed by atoms with Crippen LogP contribution in [0.15, 0.2) is 18.2 Å². The number of likely N-dealkylation sites (tertiary alicyclic amines) is 1. The van der Waals surface area contributed by atoms with E-state index in [4.69, 9.17) is 21.1 Å². The van der Waals surface area contributed by atoms with E-state index in [1.165, 1.54) is 0 Å². The third-order valence-corrected chi connectivity index (χ3v) is 5.16. The second-order valence-electron chi connectivity index (χ2n) is 6.62. The number of rotatable bonds is 4. The first kappa shape index (κ1) is 18.3. The van der Waals surface area contributed by atoms with Crippen molar-refractivity contribution in [2.24, 2.45) is 5.92 Å². The van der Waals surface area contributed by atoms with E-state index in [-0.39, 0.29) is 6.03 Å². The number of carbonyl (C=O) groups excluding carboxylic acids is 1. The minimum Gasteiger partial charge on any atom is -0.495 e. The number of ether oxygens (including phenoxy) is 2. The van der Waals surface area contributed by atoms with Gasteiger partial charge in [-0.15, -0.1) is 0 Å². The molecule has 3 rings (SSSR count). The number of methoxy groups -OCH3 is 1. The molecular formula is C18H26ClN3O3. The van der Waals surface area contributed by atoms with E-state index in [1.807, 2.05) is 4.90 Å². The smallest absolute Gasteiger partial charge is 0.321 e. The van der Waals surface area contributed by atoms with Gasteiger partial charge in [0, 0.05) is 37.7 Å². The second kappa shape index (κ2) is 8.74. The molecule has 1 N–H and O–H groups in total. The minimum atomic E-state index is -0.0922. The fraction of sp³-hybridized carbons (Fsp3) is 0.611. The number of benzene rings is 1. The summed E-state index contributed by atoms with van der Waals surface area (Å²) < 4.78 is 10.7. The molecule has 1 aromatic rings. The van der Waals surface area contributed by atoms with Gasteiger partial charge in [0.2, 0.25) is 0 Å². The summed E-state index contributed by atoms with van der Waals surface area (Å²) in [6, 6.07) is 5.12. The largest absolute Gasteiger partial charge is 0.495 e. The lowest BCUT2D eigenvalue weighted by Crippen LogP contribution is -2.45. The molecule has 2 saturated heterocycles. The van der Waals surface area contributed by atoms with Gasteiger partial charge in [0.05, 0.1) is 26.0 Å². The quantitative estimate of drug-likeness (QED) is 0.889. The molecule has 0 aromatic heterocycles. The number of amides is 2. The van der Waals surface area contributed by atoms with E-state index in [9.17, 15) is 4.79 Å². The standard InChI is InChI=1S/C18H26ClN3O3/c1-24-17-3-2-15(19)12-16(17)20-18(23)22-6-4-14(5-7-22)13-21-8-10-25-11-9-21/h2-3,12,14H,4-11,13H2,1H3,(H,20,23). The number of hydrogen-bond acceptors (Lipinski definition) is 4. The predicted molar refractivity (Wildman–Crippen MR) is 98.6 cm³/mol. The highest BCUT2D eigenvalue weighted by Crippen LogP contribution is 2.28. The molecule has 2 aliphatic rings. The van der Waals surface area contributed by atoms with Gasteiger partial charge in [-0.05, 0) is 37.0 Å². The monoisotopic (exact) mass is 367 g/mol. The van der Waals surface area contributed by atoms with Gasteiger partial charge in [0.25, 0.3) is 0 Å². The van der Waals surface area contributed by atoms with Crippen LogP contribution in [0.25, 0.3) is 0 Å². The Morgan fingerprint density at radius 1 is 1.28 bits per heavy atom. The molecule has 2 aliphatic heterocycles. The van der Waals surface area contributed by atoms with Gasteiger partial charge in [0.1, 0.15) is 5.75 Å². The topological polar surface area (TPSA) is 54.0 Å². The van der Waals surface area contributed by atoms with Crippen LogP contribution in [0.2, 0.25) is 5.02 Å². The average molecular weight is 368 g/mol. The van der Waals surface area contributed by atoms with Gasteiger partial charge in [-0.25, -0.2) is 4.79 Å². The molecule has 0 atom stereocenters. The molecule has 6 nitrogen and oxygen atoms in total. The first-order chi connectivity index (χ1) is 12.2. The lowest BCUT2D eigenvalue weighted by Gasteiger charge is -2.36. The van der Waals surface area contributed by atoms with Crippen molar-refractivity contribution in [1.29, 1.82) is 0 Å². The van der Waals surface area contributed by atoms with Gasteiger partial charge < -0.3 is 19.7 Å². The summed E-state index contributed by atoms with van der Waals surface area (Å²) in [5.74, 6) is 1.27. The molecule has 0 radical (unpaired) electrons. The summed E-state index contributed by atoms with van der Waals surface area (Å²) >= 11 is 6.02. The van der Waals surface area contributed by atoms with E-state index in [0.29, 0.717) is 22.4 Å². The SMILES string of the molecule is COc1ccc(Cl)cc1NC(=O)N1CCC(CN2CCOCC2)CC1. The first-order valence-electron chi connectivity index (χ1n) is 8.85. The molecule has 138 valence electrons. The first-order valence-corrected chi connectivity index (χ1v) is 9.23. The third-order valence-electron chi connectivity index (χ3n) is 4.92. The number of nitrogens with zero attached hydrogens (tertiary/aromatic N) is 2. The van der Waals surface area contributed by atoms with Crippen molar-refractivity contribution in [2.75, 3.05) is 58.4 Å². The summed E-state index contributed by atoms with van der Waals surface area (Å²) in [6.45, 7) is 6.39. The van der Waals surface area contributed by atoms with Crippen molar-refractivity contribution in [3.05, 3.63) is 23.2 Å². The predicted octanol–water partition coefficient (Wildman–Crippen LogP) is 2.92. The average Bonchev–Trinajstić information content (AvgIpc) is 2.63. The zero-order valence-electron chi connectivity index (χ0n) is 14.7. The van der Waals surface area contributed by atoms with Crippen molar-refractivity contribution < 1.29 is 14.3 Å². The van der Waals surface area contributed by atoms with Gasteiger partial charge in [0.15, 0.2) is 0 Å². The van der Waals surface area contributed by atoms with Crippen LogP contribution in [0.1, 0.15) is 12.8 Å². The molecule has 0 bridgehead atoms. The summed E-state index contributed by atoms with van der Waals surface area (Å²) in [4.78, 5) is 16.9. The Balaban J connectivity index is 1.49. The number of morpholine rings is 1. The Morgan fingerprint density at radius 3 is 2.68 bits per heavy atom. The van der Waals surface area contributed by atoms with Gasteiger partial charge in [-0.3, -0.25) is 4.90 Å². The van der Waals surface area contributed by atoms with Crippen LogP contribution in [0.4, 0.5) is 10.5 Å². The van der Waals surface area contributed by atoms with Gasteiger partial charge in [-0.2, -0.15) is 0 Å². The maximum Gasteiger partial charge on any atom is 0.321 e. The van der Waals surface area contributed by atoms with E-state index in [2.05, 4.69) is 10.2 Å². The molecule has 0 unspecified atom stereocenters. The van der Waals surface area contributed by atoms with Crippen LogP contribution in [-0.2, 0) is 4.74 Å². The van der Waals surface area contributed by atoms with Crippen LogP contribution in [-0.4, -0.2) is 68.9 Å². The Morgan fingerprint density at radius 2 is 2.00 bits per heavy atom. The Bertz CT molecular complexity index is 585. The van der Waals surface area contributed by atoms with E-state index < -0.39 is 0 Å². The Hall–Kier alpha value is -1.50. The fourth-order valence-corrected chi connectivity index (χ4v) is 3.61. The van der Waals surface area contributed by atoms with E-state index in [1.54, 1.807) is 25.3 Å². The van der Waals surface area contributed by atoms with Crippen molar-refractivity contribution in [3.63, 3.8) is 0 Å². The van der Waals surface area contributed by atoms with Crippen molar-refractivity contribution in [2.45, 2.75) is 12.8 Å². The van der Waals surface area contributed by atoms with Gasteiger partial charge in [-0.1, -0.05) is 11.6 Å². The maximum absolute atomic E-state index is 12.5. The lowest BCUT2D eigenvalue weighted by atomic mass is 9.96. The lowest BCUT2D eigenvalue weighted by molar-refractivity contribution is 0.0260. The van der Waals surface area contributed by atoms with Crippen LogP contribution in [0.5, 0.6) is 5.75 Å². The molecule has 0 aliphatic carbocycles. The Labute approximate surface area is 154 Å². The third kappa shape index (κ3) is 5.00. The highest BCUT2D eigenvalue weighted by Gasteiger charge is 2.25. The number of nitrogens with one attached hydrogen (secondary N) is 1. The Kier molecular flexibility index (Phi) is 6.39. The highest BCUT2D eigenvalue weighted by molar-refractivity contribution is 6.31. The summed E-state index contributed by atoms with van der Waals surface area (Å²) in [6.07, 6.45) is 2.08. The van der Waals surface area contributed by atoms with E-state index in [0.717, 1.165) is 58.8 Å². The van der Waals surface area contributed by atoms with Crippen LogP contribution in [0, 0.1) is 5.92 Å². The van der Waals surface area contributed by atoms with Crippen LogP contribution in [0.3, 0.4) is 0 Å². The van der Waals surface area contributed by atoms with Crippen molar-refractivity contribution >= 4 is 23.3 Å². The van der Waals surface area contributed by atoms with Crippen molar-refractivity contribution in [1.82, 2.24) is 9.80 Å². The number of anilines is 1. The number of piperidine rings is 1. The van der Waals surface area contributed by atoms with Crippen molar-refractivity contribution in [3.8, 4) is 5.75 Å². The molecule has 2 fully saturated rings. The van der Waals surface area contributed by atoms with E-state index >= 15 is 0 Å². The molecular weight excluding hydrogens is 342 g/mol. The molecule has 1 aromatic carbocycles. The number of hydrogen-bond donors (Lipinski definition) is 1. The summed E-state index contributed by atoms with van der Waals surface area (Å²) in [5, 5.41) is 3.49. The molecule has 7 heteroatoms. The fourth-order valence-electron chi connectivity index (χ4n) is 3.44. The highest BCUT2D eigenvalue weighted by atomic mass is 35.5. The second-order valence-corrected chi connectivity index (χ2v) is 7.05. The molecule has 0 saturated carbocycles. The molecule has 2 amide bonds. The zero-order valence-corrected chi connectivity index (χ0v) is 15.4. The summed E-state index contributed by atoms with van der Waals surface area (Å²) in [5.41, 5.74) is 0.607. The molecule has 0 spiro atoms. The van der Waals surface area contributed by atoms with Crippen LogP contribution >= 0.6 is 11.6 Å². The minimum absolute atomic E-state index is 0.0922. The zero-order chi connectivity index (χ0) is 17.6. The maximum atomic E-state index is 12.5. The normalized spacial score (nSPS) is 19.7. The number of halogens is 1. The number of carbonyl (C=O) groups is 1. The van der Waals surface area contributed by atoms with Gasteiger partial charge >= 0.3 is 6.03 Å². The van der Waals surface area contributed by atoms with Crippen LogP contribution < -0.4 is 10.1 Å². The molecule has 2 heterocycles.